The summed E-state index contributed by atoms with van der Waals surface area (Å²) < 4.78 is 44.1. The van der Waals surface area contributed by atoms with Gasteiger partial charge in [-0.25, -0.2) is 0 Å². The Morgan fingerprint density at radius 2 is 0.488 bits per heavy atom. The smallest absolute Gasteiger partial charge is 0.384 e. The van der Waals surface area contributed by atoms with Crippen LogP contribution in [0.4, 0.5) is 0 Å². The number of hydrogen-bond donors (Lipinski definition) is 0. The second kappa shape index (κ2) is 29.5. The van der Waals surface area contributed by atoms with Gasteiger partial charge in [-0.1, -0.05) is 101 Å². The molecule has 0 aromatic heterocycles. The molecule has 0 aromatic carbocycles. The van der Waals surface area contributed by atoms with Gasteiger partial charge in [0.2, 0.25) is 0 Å². The Morgan fingerprint density at radius 3 is 0.659 bits per heavy atom. The Morgan fingerprint density at radius 1 is 0.293 bits per heavy atom. The highest BCUT2D eigenvalue weighted by atomic mass is 28.3. The Kier molecular flexibility index (Phi) is 30.0. The molecule has 8 nitrogen and oxygen atoms in total. The Hall–Kier alpha value is 0.764. The summed E-state index contributed by atoms with van der Waals surface area (Å²) in [5.74, 6) is 0. The molecule has 41 heavy (non-hydrogen) atoms. The van der Waals surface area contributed by atoms with Crippen molar-refractivity contribution < 1.29 is 35.4 Å². The molecule has 0 aliphatic heterocycles. The van der Waals surface area contributed by atoms with Crippen molar-refractivity contribution in [3.63, 3.8) is 0 Å². The second-order valence-corrected chi connectivity index (χ2v) is 24.1. The zero-order chi connectivity index (χ0) is 30.6. The van der Waals surface area contributed by atoms with Crippen LogP contribution in [0.5, 0.6) is 0 Å². The van der Waals surface area contributed by atoms with Gasteiger partial charge < -0.3 is 35.4 Å². The van der Waals surface area contributed by atoms with E-state index in [9.17, 15) is 0 Å². The van der Waals surface area contributed by atoms with E-state index in [0.29, 0.717) is 0 Å². The molecule has 0 aliphatic carbocycles. The first-order valence-corrected chi connectivity index (χ1v) is 24.7. The Balaban J connectivity index is 5.19. The second-order valence-electron chi connectivity index (χ2n) is 10.9. The molecular formula is C28H64O8Si5. The third kappa shape index (κ3) is 22.0. The van der Waals surface area contributed by atoms with Crippen LogP contribution in [-0.4, -0.2) is 102 Å². The van der Waals surface area contributed by atoms with Crippen molar-refractivity contribution in [2.45, 2.75) is 125 Å². The van der Waals surface area contributed by atoms with E-state index in [1.54, 1.807) is 56.9 Å². The van der Waals surface area contributed by atoms with Gasteiger partial charge in [0, 0.05) is 56.9 Å². The molecule has 0 heterocycles. The first-order chi connectivity index (χ1) is 20.0. The number of rotatable bonds is 32. The summed E-state index contributed by atoms with van der Waals surface area (Å²) in [6.45, 7) is 0. The molecule has 0 amide bonds. The van der Waals surface area contributed by atoms with Crippen LogP contribution in [0.3, 0.4) is 0 Å². The molecule has 0 rings (SSSR count). The Labute approximate surface area is 262 Å². The lowest BCUT2D eigenvalue weighted by Gasteiger charge is -2.33. The third-order valence-corrected chi connectivity index (χ3v) is 20.5. The van der Waals surface area contributed by atoms with E-state index in [4.69, 9.17) is 35.4 Å². The summed E-state index contributed by atoms with van der Waals surface area (Å²) in [6.07, 6.45) is 15.5. The fourth-order valence-corrected chi connectivity index (χ4v) is 15.6. The lowest BCUT2D eigenvalue weighted by Crippen LogP contribution is -2.34. The van der Waals surface area contributed by atoms with Gasteiger partial charge in [0.25, 0.3) is 0 Å². The minimum atomic E-state index is -1.39. The summed E-state index contributed by atoms with van der Waals surface area (Å²) in [7, 11) is 8.57. The van der Waals surface area contributed by atoms with Crippen LogP contribution >= 0.6 is 0 Å². The Bertz CT molecular complexity index is 446. The van der Waals surface area contributed by atoms with Gasteiger partial charge in [0.15, 0.2) is 0 Å². The van der Waals surface area contributed by atoms with Crippen molar-refractivity contribution in [2.75, 3.05) is 56.9 Å². The van der Waals surface area contributed by atoms with Gasteiger partial charge in [-0.15, -0.1) is 0 Å². The van der Waals surface area contributed by atoms with Gasteiger partial charge in [-0.3, -0.25) is 0 Å². The van der Waals surface area contributed by atoms with Crippen LogP contribution in [0, 0.1) is 0 Å². The molecule has 0 aromatic rings. The molecule has 13 heteroatoms. The highest BCUT2D eigenvalue weighted by Gasteiger charge is 2.31. The van der Waals surface area contributed by atoms with Crippen molar-refractivity contribution in [1.82, 2.24) is 0 Å². The minimum Gasteiger partial charge on any atom is -0.397 e. The van der Waals surface area contributed by atoms with Crippen molar-refractivity contribution in [1.29, 1.82) is 0 Å². The fourth-order valence-electron chi connectivity index (χ4n) is 5.68. The predicted molar refractivity (Wildman–Crippen MR) is 179 cm³/mol. The predicted octanol–water partition coefficient (Wildman–Crippen LogP) is 7.24. The lowest BCUT2D eigenvalue weighted by molar-refractivity contribution is 0.276. The molecule has 0 bridgehead atoms. The molecule has 0 fully saturated rings. The zero-order valence-corrected chi connectivity index (χ0v) is 32.9. The van der Waals surface area contributed by atoms with Crippen LogP contribution in [-0.2, 0) is 35.4 Å². The summed E-state index contributed by atoms with van der Waals surface area (Å²) >= 11 is 0. The number of unbranched alkanes of at least 4 members (excludes halogenated alkanes) is 8. The van der Waals surface area contributed by atoms with Crippen LogP contribution in [0.1, 0.15) is 77.0 Å². The van der Waals surface area contributed by atoms with Gasteiger partial charge in [-0.05, 0) is 24.2 Å². The first kappa shape index (κ1) is 41.8. The SMILES string of the molecule is CO[Si](CCCCC[Si](CCCCC[Si](OC)OC)(CCCCC[Si](OC)OC)CCCCC[Si](OC)OC)OC. The van der Waals surface area contributed by atoms with Crippen LogP contribution in [0.25, 0.3) is 0 Å². The first-order valence-electron chi connectivity index (χ1n) is 15.7. The summed E-state index contributed by atoms with van der Waals surface area (Å²) in [6, 6.07) is 10.2. The molecule has 244 valence electrons. The monoisotopic (exact) mass is 668 g/mol. The highest BCUT2D eigenvalue weighted by Crippen LogP contribution is 2.35. The maximum Gasteiger partial charge on any atom is 0.384 e. The normalized spacial score (nSPS) is 12.6. The van der Waals surface area contributed by atoms with Crippen LogP contribution < -0.4 is 0 Å². The quantitative estimate of drug-likeness (QED) is 0.0549. The van der Waals surface area contributed by atoms with Crippen molar-refractivity contribution in [3.8, 4) is 0 Å². The summed E-state index contributed by atoms with van der Waals surface area (Å²) in [5.41, 5.74) is 0. The van der Waals surface area contributed by atoms with E-state index in [1.807, 2.05) is 0 Å². The largest absolute Gasteiger partial charge is 0.397 e. The van der Waals surface area contributed by atoms with Gasteiger partial charge in [0.1, 0.15) is 0 Å². The van der Waals surface area contributed by atoms with Crippen molar-refractivity contribution in [2.24, 2.45) is 0 Å². The lowest BCUT2D eigenvalue weighted by atomic mass is 10.3. The molecule has 0 saturated carbocycles. The average Bonchev–Trinajstić information content (AvgIpc) is 3.00. The molecule has 0 aliphatic rings. The van der Waals surface area contributed by atoms with Gasteiger partial charge >= 0.3 is 37.1 Å². The fraction of sp³-hybridized carbons (Fsp3) is 1.00. The van der Waals surface area contributed by atoms with Gasteiger partial charge in [-0.2, -0.15) is 0 Å². The van der Waals surface area contributed by atoms with E-state index >= 15 is 0 Å². The minimum absolute atomic E-state index is 1.08. The van der Waals surface area contributed by atoms with E-state index in [1.165, 1.54) is 101 Å². The third-order valence-electron chi connectivity index (χ3n) is 8.17. The summed E-state index contributed by atoms with van der Waals surface area (Å²) in [5, 5.41) is 0. The average molecular weight is 669 g/mol. The maximum absolute atomic E-state index is 5.52. The van der Waals surface area contributed by atoms with Crippen LogP contribution in [0.15, 0.2) is 0 Å². The molecule has 0 saturated heterocycles. The van der Waals surface area contributed by atoms with E-state index < -0.39 is 45.2 Å². The molecule has 0 atom stereocenters. The summed E-state index contributed by atoms with van der Waals surface area (Å²) in [4.78, 5) is 0. The number of hydrogen-bond acceptors (Lipinski definition) is 8. The van der Waals surface area contributed by atoms with Crippen molar-refractivity contribution >= 4 is 45.2 Å². The van der Waals surface area contributed by atoms with E-state index in [-0.39, 0.29) is 0 Å². The van der Waals surface area contributed by atoms with Crippen LogP contribution in [0.2, 0.25) is 48.4 Å². The van der Waals surface area contributed by atoms with Gasteiger partial charge in [0.05, 0.1) is 8.07 Å². The highest BCUT2D eigenvalue weighted by molar-refractivity contribution is 6.79. The van der Waals surface area contributed by atoms with Crippen molar-refractivity contribution in [3.05, 3.63) is 0 Å². The molecule has 0 unspecified atom stereocenters. The standard InChI is InChI=1S/C28H64O8Si5/c1-29-37(30-2)21-13-9-17-25-41(26-18-10-14-22-38(31-3)32-4,27-19-11-15-23-39(33-5)34-6)28-20-12-16-24-40(35-7)36-8/h9-28H2,1-8H3. The molecular weight excluding hydrogens is 605 g/mol. The van der Waals surface area contributed by atoms with E-state index in [2.05, 4.69) is 0 Å². The zero-order valence-electron chi connectivity index (χ0n) is 27.9. The maximum atomic E-state index is 5.52. The molecule has 0 spiro atoms. The topological polar surface area (TPSA) is 73.8 Å². The molecule has 0 N–H and O–H groups in total. The van der Waals surface area contributed by atoms with E-state index in [0.717, 1.165) is 24.2 Å². The molecule has 4 radical (unpaired) electrons.